The van der Waals surface area contributed by atoms with Gasteiger partial charge in [0.1, 0.15) is 0 Å². The Balaban J connectivity index is 2.47. The van der Waals surface area contributed by atoms with Crippen molar-refractivity contribution in [3.05, 3.63) is 48.9 Å². The second-order valence-corrected chi connectivity index (χ2v) is 2.58. The van der Waals surface area contributed by atoms with Gasteiger partial charge in [0.25, 0.3) is 0 Å². The van der Waals surface area contributed by atoms with Crippen LogP contribution in [0.2, 0.25) is 0 Å². The molecule has 0 saturated heterocycles. The smallest absolute Gasteiger partial charge is 0.153 e. The average molecular weight is 171 g/mol. The van der Waals surface area contributed by atoms with E-state index in [0.717, 1.165) is 11.5 Å². The molecule has 0 spiro atoms. The van der Waals surface area contributed by atoms with E-state index in [1.165, 1.54) is 0 Å². The van der Waals surface area contributed by atoms with Crippen LogP contribution in [0.3, 0.4) is 0 Å². The molecule has 0 aliphatic heterocycles. The third-order valence-corrected chi connectivity index (χ3v) is 1.70. The zero-order valence-electron chi connectivity index (χ0n) is 7.09. The lowest BCUT2D eigenvalue weighted by molar-refractivity contribution is 0.845. The predicted molar refractivity (Wildman–Crippen MR) is 51.5 cm³/mol. The van der Waals surface area contributed by atoms with Gasteiger partial charge in [0.15, 0.2) is 5.82 Å². The maximum absolute atomic E-state index is 4.32. The molecule has 3 heteroatoms. The summed E-state index contributed by atoms with van der Waals surface area (Å²) in [6.45, 7) is 3.66. The van der Waals surface area contributed by atoms with Crippen molar-refractivity contribution in [3.8, 4) is 5.82 Å². The van der Waals surface area contributed by atoms with Crippen molar-refractivity contribution in [3.63, 3.8) is 0 Å². The second-order valence-electron chi connectivity index (χ2n) is 2.58. The second kappa shape index (κ2) is 3.23. The van der Waals surface area contributed by atoms with Crippen LogP contribution in [-0.4, -0.2) is 14.8 Å². The highest BCUT2D eigenvalue weighted by Crippen LogP contribution is 2.04. The van der Waals surface area contributed by atoms with Crippen LogP contribution in [0, 0.1) is 0 Å². The van der Waals surface area contributed by atoms with Gasteiger partial charge in [-0.1, -0.05) is 12.6 Å². The molecule has 64 valence electrons. The van der Waals surface area contributed by atoms with Gasteiger partial charge in [0.2, 0.25) is 0 Å². The standard InChI is InChI=1S/C10H9N3/c1-2-9-5-3-6-10(12-9)13-8-4-7-11-13/h2-8H,1H2. The van der Waals surface area contributed by atoms with Crippen LogP contribution in [0.15, 0.2) is 43.2 Å². The van der Waals surface area contributed by atoms with Crippen LogP contribution in [0.5, 0.6) is 0 Å². The van der Waals surface area contributed by atoms with Gasteiger partial charge in [0.05, 0.1) is 5.69 Å². The van der Waals surface area contributed by atoms with E-state index in [2.05, 4.69) is 16.7 Å². The summed E-state index contributed by atoms with van der Waals surface area (Å²) in [5, 5.41) is 4.08. The molecule has 0 saturated carbocycles. The van der Waals surface area contributed by atoms with Crippen LogP contribution in [0.25, 0.3) is 11.9 Å². The predicted octanol–water partition coefficient (Wildman–Crippen LogP) is 1.91. The maximum atomic E-state index is 4.32. The molecule has 0 N–H and O–H groups in total. The van der Waals surface area contributed by atoms with E-state index >= 15 is 0 Å². The summed E-state index contributed by atoms with van der Waals surface area (Å²) in [7, 11) is 0. The SMILES string of the molecule is C=Cc1cccc(-n2cccn2)n1. The Kier molecular flexibility index (Phi) is 1.92. The number of hydrogen-bond donors (Lipinski definition) is 0. The van der Waals surface area contributed by atoms with Crippen LogP contribution in [0.1, 0.15) is 5.69 Å². The number of rotatable bonds is 2. The lowest BCUT2D eigenvalue weighted by Gasteiger charge is -2.00. The molecular formula is C10H9N3. The van der Waals surface area contributed by atoms with E-state index < -0.39 is 0 Å². The minimum Gasteiger partial charge on any atom is -0.229 e. The summed E-state index contributed by atoms with van der Waals surface area (Å²) >= 11 is 0. The summed E-state index contributed by atoms with van der Waals surface area (Å²) in [5.74, 6) is 0.808. The lowest BCUT2D eigenvalue weighted by Crippen LogP contribution is -1.97. The molecule has 0 fully saturated rings. The Bertz CT molecular complexity index is 404. The molecule has 2 aromatic rings. The Labute approximate surface area is 76.4 Å². The van der Waals surface area contributed by atoms with Gasteiger partial charge >= 0.3 is 0 Å². The van der Waals surface area contributed by atoms with Crippen molar-refractivity contribution in [1.82, 2.24) is 14.8 Å². The van der Waals surface area contributed by atoms with Crippen molar-refractivity contribution in [2.45, 2.75) is 0 Å². The lowest BCUT2D eigenvalue weighted by atomic mass is 10.3. The van der Waals surface area contributed by atoms with Crippen molar-refractivity contribution in [1.29, 1.82) is 0 Å². The maximum Gasteiger partial charge on any atom is 0.153 e. The highest BCUT2D eigenvalue weighted by atomic mass is 15.3. The molecule has 0 atom stereocenters. The Morgan fingerprint density at radius 1 is 1.31 bits per heavy atom. The Morgan fingerprint density at radius 3 is 2.92 bits per heavy atom. The monoisotopic (exact) mass is 171 g/mol. The van der Waals surface area contributed by atoms with Crippen LogP contribution >= 0.6 is 0 Å². The largest absolute Gasteiger partial charge is 0.229 e. The molecule has 0 unspecified atom stereocenters. The molecule has 0 amide bonds. The molecule has 0 radical (unpaired) electrons. The van der Waals surface area contributed by atoms with Gasteiger partial charge in [-0.15, -0.1) is 0 Å². The highest BCUT2D eigenvalue weighted by Gasteiger charge is 1.96. The van der Waals surface area contributed by atoms with Crippen molar-refractivity contribution in [2.75, 3.05) is 0 Å². The fourth-order valence-electron chi connectivity index (χ4n) is 1.09. The molecule has 3 nitrogen and oxygen atoms in total. The van der Waals surface area contributed by atoms with Crippen LogP contribution in [-0.2, 0) is 0 Å². The number of pyridine rings is 1. The van der Waals surface area contributed by atoms with Crippen molar-refractivity contribution >= 4 is 6.08 Å². The van der Waals surface area contributed by atoms with E-state index in [-0.39, 0.29) is 0 Å². The first-order valence-electron chi connectivity index (χ1n) is 3.99. The molecule has 2 aromatic heterocycles. The summed E-state index contributed by atoms with van der Waals surface area (Å²) in [4.78, 5) is 4.32. The first-order valence-corrected chi connectivity index (χ1v) is 3.99. The molecule has 0 aliphatic rings. The minimum absolute atomic E-state index is 0.808. The fourth-order valence-corrected chi connectivity index (χ4v) is 1.09. The van der Waals surface area contributed by atoms with Gasteiger partial charge in [-0.3, -0.25) is 0 Å². The van der Waals surface area contributed by atoms with E-state index in [4.69, 9.17) is 0 Å². The summed E-state index contributed by atoms with van der Waals surface area (Å²) in [5.41, 5.74) is 0.855. The first-order chi connectivity index (χ1) is 6.40. The summed E-state index contributed by atoms with van der Waals surface area (Å²) < 4.78 is 1.72. The van der Waals surface area contributed by atoms with E-state index in [1.54, 1.807) is 17.0 Å². The van der Waals surface area contributed by atoms with Gasteiger partial charge in [-0.2, -0.15) is 5.10 Å². The van der Waals surface area contributed by atoms with Crippen molar-refractivity contribution < 1.29 is 0 Å². The number of hydrogen-bond acceptors (Lipinski definition) is 2. The minimum atomic E-state index is 0.808. The highest BCUT2D eigenvalue weighted by molar-refractivity contribution is 5.43. The molecule has 2 heterocycles. The van der Waals surface area contributed by atoms with Gasteiger partial charge in [0, 0.05) is 12.4 Å². The number of aromatic nitrogens is 3. The molecular weight excluding hydrogens is 162 g/mol. The Morgan fingerprint density at radius 2 is 2.23 bits per heavy atom. The van der Waals surface area contributed by atoms with E-state index in [0.29, 0.717) is 0 Å². The molecule has 0 aromatic carbocycles. The molecule has 0 aliphatic carbocycles. The quantitative estimate of drug-likeness (QED) is 0.691. The first kappa shape index (κ1) is 7.73. The van der Waals surface area contributed by atoms with Crippen LogP contribution in [0.4, 0.5) is 0 Å². The summed E-state index contributed by atoms with van der Waals surface area (Å²) in [6, 6.07) is 7.60. The fraction of sp³-hybridized carbons (Fsp3) is 0. The Hall–Kier alpha value is -1.90. The van der Waals surface area contributed by atoms with Gasteiger partial charge in [-0.05, 0) is 24.3 Å². The molecule has 13 heavy (non-hydrogen) atoms. The number of nitrogens with zero attached hydrogens (tertiary/aromatic N) is 3. The third kappa shape index (κ3) is 1.49. The molecule has 0 bridgehead atoms. The normalized spacial score (nSPS) is 9.85. The van der Waals surface area contributed by atoms with E-state index in [1.807, 2.05) is 30.5 Å². The molecule has 2 rings (SSSR count). The van der Waals surface area contributed by atoms with E-state index in [9.17, 15) is 0 Å². The third-order valence-electron chi connectivity index (χ3n) is 1.70. The zero-order valence-corrected chi connectivity index (χ0v) is 7.09. The van der Waals surface area contributed by atoms with Crippen molar-refractivity contribution in [2.24, 2.45) is 0 Å². The topological polar surface area (TPSA) is 30.7 Å². The zero-order chi connectivity index (χ0) is 9.10. The van der Waals surface area contributed by atoms with Gasteiger partial charge in [-0.25, -0.2) is 9.67 Å². The van der Waals surface area contributed by atoms with Gasteiger partial charge < -0.3 is 0 Å². The average Bonchev–Trinajstić information content (AvgIpc) is 2.71. The van der Waals surface area contributed by atoms with Crippen LogP contribution < -0.4 is 0 Å². The summed E-state index contributed by atoms with van der Waals surface area (Å²) in [6.07, 6.45) is 5.30.